The van der Waals surface area contributed by atoms with Crippen molar-refractivity contribution in [2.45, 2.75) is 51.2 Å². The van der Waals surface area contributed by atoms with Crippen LogP contribution in [-0.4, -0.2) is 17.8 Å². The maximum atomic E-state index is 10.1. The van der Waals surface area contributed by atoms with Crippen LogP contribution in [0, 0.1) is 5.92 Å². The Morgan fingerprint density at radius 2 is 1.72 bits per heavy atom. The number of hydrogen-bond acceptors (Lipinski definition) is 2. The van der Waals surface area contributed by atoms with Crippen molar-refractivity contribution in [1.29, 1.82) is 0 Å². The summed E-state index contributed by atoms with van der Waals surface area (Å²) < 4.78 is 0. The summed E-state index contributed by atoms with van der Waals surface area (Å²) in [6.45, 7) is 1.85. The largest absolute Gasteiger partial charge is 0.393 e. The highest BCUT2D eigenvalue weighted by Crippen LogP contribution is 2.22. The highest BCUT2D eigenvalue weighted by atomic mass is 16.3. The van der Waals surface area contributed by atoms with Crippen LogP contribution < -0.4 is 5.32 Å². The van der Waals surface area contributed by atoms with E-state index >= 15 is 0 Å². The van der Waals surface area contributed by atoms with E-state index in [0.717, 1.165) is 19.5 Å². The van der Waals surface area contributed by atoms with Gasteiger partial charge in [-0.05, 0) is 24.3 Å². The zero-order valence-electron chi connectivity index (χ0n) is 11.1. The summed E-state index contributed by atoms with van der Waals surface area (Å²) in [5.41, 5.74) is 1.32. The van der Waals surface area contributed by atoms with Crippen LogP contribution in [0.2, 0.25) is 0 Å². The lowest BCUT2D eigenvalue weighted by molar-refractivity contribution is 0.0829. The molecule has 0 aliphatic heterocycles. The molecule has 1 saturated carbocycles. The molecule has 1 aliphatic rings. The van der Waals surface area contributed by atoms with Crippen molar-refractivity contribution < 1.29 is 5.11 Å². The van der Waals surface area contributed by atoms with Gasteiger partial charge in [-0.15, -0.1) is 0 Å². The Morgan fingerprint density at radius 1 is 1.00 bits per heavy atom. The van der Waals surface area contributed by atoms with Crippen molar-refractivity contribution in [2.75, 3.05) is 6.54 Å². The second kappa shape index (κ2) is 7.55. The molecule has 18 heavy (non-hydrogen) atoms. The van der Waals surface area contributed by atoms with E-state index in [9.17, 15) is 5.11 Å². The molecule has 2 rings (SSSR count). The normalized spacial score (nSPS) is 25.4. The minimum Gasteiger partial charge on any atom is -0.393 e. The lowest BCUT2D eigenvalue weighted by Gasteiger charge is -2.25. The molecule has 1 aromatic carbocycles. The molecule has 2 heteroatoms. The lowest BCUT2D eigenvalue weighted by atomic mass is 9.88. The smallest absolute Gasteiger partial charge is 0.0580 e. The van der Waals surface area contributed by atoms with Gasteiger partial charge in [-0.25, -0.2) is 0 Å². The molecule has 0 amide bonds. The standard InChI is InChI=1S/C16H25NO/c18-16-11-7-2-1-6-10-15(16)13-17-12-14-8-4-3-5-9-14/h3-5,8-9,15-18H,1-2,6-7,10-13H2/t15-,16-/m1/s1. The summed E-state index contributed by atoms with van der Waals surface area (Å²) in [5, 5.41) is 13.6. The number of nitrogens with one attached hydrogen (secondary N) is 1. The SMILES string of the molecule is O[C@@H]1CCCCCC[C@@H]1CNCc1ccccc1. The summed E-state index contributed by atoms with van der Waals surface area (Å²) in [6, 6.07) is 10.5. The third-order valence-electron chi connectivity index (χ3n) is 3.95. The number of hydrogen-bond donors (Lipinski definition) is 2. The van der Waals surface area contributed by atoms with Crippen molar-refractivity contribution in [3.8, 4) is 0 Å². The van der Waals surface area contributed by atoms with Crippen LogP contribution in [0.1, 0.15) is 44.1 Å². The molecule has 0 spiro atoms. The van der Waals surface area contributed by atoms with Gasteiger partial charge in [0, 0.05) is 13.1 Å². The van der Waals surface area contributed by atoms with E-state index in [1.807, 2.05) is 6.07 Å². The first kappa shape index (κ1) is 13.6. The van der Waals surface area contributed by atoms with Gasteiger partial charge in [0.1, 0.15) is 0 Å². The van der Waals surface area contributed by atoms with E-state index < -0.39 is 0 Å². The highest BCUT2D eigenvalue weighted by molar-refractivity contribution is 5.14. The Bertz CT molecular complexity index is 325. The molecule has 1 aliphatic carbocycles. The Labute approximate surface area is 110 Å². The molecule has 1 fully saturated rings. The maximum Gasteiger partial charge on any atom is 0.0580 e. The van der Waals surface area contributed by atoms with Gasteiger partial charge in [0.25, 0.3) is 0 Å². The minimum absolute atomic E-state index is 0.103. The molecule has 0 heterocycles. The predicted molar refractivity (Wildman–Crippen MR) is 75.3 cm³/mol. The molecule has 2 nitrogen and oxygen atoms in total. The first-order valence-electron chi connectivity index (χ1n) is 7.29. The van der Waals surface area contributed by atoms with E-state index in [0.29, 0.717) is 5.92 Å². The summed E-state index contributed by atoms with van der Waals surface area (Å²) in [4.78, 5) is 0. The predicted octanol–water partition coefficient (Wildman–Crippen LogP) is 3.11. The minimum atomic E-state index is -0.103. The zero-order chi connectivity index (χ0) is 12.6. The fourth-order valence-electron chi connectivity index (χ4n) is 2.78. The number of aliphatic hydroxyl groups excluding tert-OH is 1. The summed E-state index contributed by atoms with van der Waals surface area (Å²) >= 11 is 0. The number of aliphatic hydroxyl groups is 1. The van der Waals surface area contributed by atoms with Crippen LogP contribution in [0.5, 0.6) is 0 Å². The van der Waals surface area contributed by atoms with Crippen LogP contribution in [0.25, 0.3) is 0 Å². The van der Waals surface area contributed by atoms with Crippen LogP contribution >= 0.6 is 0 Å². The molecule has 0 saturated heterocycles. The maximum absolute atomic E-state index is 10.1. The molecule has 1 aromatic rings. The van der Waals surface area contributed by atoms with Gasteiger partial charge < -0.3 is 10.4 Å². The quantitative estimate of drug-likeness (QED) is 0.857. The van der Waals surface area contributed by atoms with Gasteiger partial charge in [-0.3, -0.25) is 0 Å². The Morgan fingerprint density at radius 3 is 2.50 bits per heavy atom. The fourth-order valence-corrected chi connectivity index (χ4v) is 2.78. The van der Waals surface area contributed by atoms with E-state index in [1.165, 1.54) is 37.7 Å². The molecule has 0 unspecified atom stereocenters. The van der Waals surface area contributed by atoms with Crippen molar-refractivity contribution in [1.82, 2.24) is 5.32 Å². The van der Waals surface area contributed by atoms with Gasteiger partial charge in [0.15, 0.2) is 0 Å². The average Bonchev–Trinajstić information content (AvgIpc) is 2.39. The van der Waals surface area contributed by atoms with Gasteiger partial charge in [-0.1, -0.05) is 56.0 Å². The number of benzene rings is 1. The highest BCUT2D eigenvalue weighted by Gasteiger charge is 2.19. The Balaban J connectivity index is 1.74. The Hall–Kier alpha value is -0.860. The average molecular weight is 247 g/mol. The van der Waals surface area contributed by atoms with Gasteiger partial charge in [0.05, 0.1) is 6.10 Å². The monoisotopic (exact) mass is 247 g/mol. The molecule has 0 radical (unpaired) electrons. The van der Waals surface area contributed by atoms with Gasteiger partial charge in [-0.2, -0.15) is 0 Å². The van der Waals surface area contributed by atoms with Gasteiger partial charge in [0.2, 0.25) is 0 Å². The molecule has 0 aromatic heterocycles. The van der Waals surface area contributed by atoms with Crippen LogP contribution in [0.4, 0.5) is 0 Å². The van der Waals surface area contributed by atoms with Crippen molar-refractivity contribution in [2.24, 2.45) is 5.92 Å². The van der Waals surface area contributed by atoms with Crippen molar-refractivity contribution >= 4 is 0 Å². The molecular formula is C16H25NO. The molecule has 0 bridgehead atoms. The van der Waals surface area contributed by atoms with Crippen LogP contribution in [0.3, 0.4) is 0 Å². The van der Waals surface area contributed by atoms with Crippen LogP contribution in [-0.2, 0) is 6.54 Å². The molecular weight excluding hydrogens is 222 g/mol. The molecule has 2 N–H and O–H groups in total. The van der Waals surface area contributed by atoms with Crippen molar-refractivity contribution in [3.63, 3.8) is 0 Å². The zero-order valence-corrected chi connectivity index (χ0v) is 11.1. The first-order chi connectivity index (χ1) is 8.86. The van der Waals surface area contributed by atoms with E-state index in [-0.39, 0.29) is 6.10 Å². The number of rotatable bonds is 4. The summed E-state index contributed by atoms with van der Waals surface area (Å²) in [6.07, 6.45) is 7.14. The van der Waals surface area contributed by atoms with Gasteiger partial charge >= 0.3 is 0 Å². The molecule has 2 atom stereocenters. The second-order valence-electron chi connectivity index (χ2n) is 5.44. The van der Waals surface area contributed by atoms with E-state index in [4.69, 9.17) is 0 Å². The van der Waals surface area contributed by atoms with E-state index in [1.54, 1.807) is 0 Å². The third kappa shape index (κ3) is 4.43. The summed E-state index contributed by atoms with van der Waals surface area (Å²) in [5.74, 6) is 0.439. The molecule has 100 valence electrons. The first-order valence-corrected chi connectivity index (χ1v) is 7.29. The van der Waals surface area contributed by atoms with E-state index in [2.05, 4.69) is 29.6 Å². The topological polar surface area (TPSA) is 32.3 Å². The second-order valence-corrected chi connectivity index (χ2v) is 5.44. The summed E-state index contributed by atoms with van der Waals surface area (Å²) in [7, 11) is 0. The van der Waals surface area contributed by atoms with Crippen molar-refractivity contribution in [3.05, 3.63) is 35.9 Å². The lowest BCUT2D eigenvalue weighted by Crippen LogP contribution is -2.32. The fraction of sp³-hybridized carbons (Fsp3) is 0.625. The Kier molecular flexibility index (Phi) is 5.69. The third-order valence-corrected chi connectivity index (χ3v) is 3.95. The van der Waals surface area contributed by atoms with Crippen LogP contribution in [0.15, 0.2) is 30.3 Å².